The molecular weight excluding hydrogens is 316 g/mol. The monoisotopic (exact) mass is 332 g/mol. The van der Waals surface area contributed by atoms with Crippen LogP contribution in [-0.2, 0) is 14.8 Å². The lowest BCUT2D eigenvalue weighted by Gasteiger charge is -2.21. The highest BCUT2D eigenvalue weighted by molar-refractivity contribution is 7.92. The van der Waals surface area contributed by atoms with Crippen LogP contribution in [0.4, 0.5) is 5.69 Å². The highest BCUT2D eigenvalue weighted by atomic mass is 35.5. The molecule has 116 valence electrons. The first-order valence-corrected chi connectivity index (χ1v) is 8.77. The minimum Gasteiger partial charge on any atom is -0.478 e. The number of benzene rings is 1. The van der Waals surface area contributed by atoms with Gasteiger partial charge in [0.05, 0.1) is 11.9 Å². The zero-order valence-corrected chi connectivity index (χ0v) is 13.4. The lowest BCUT2D eigenvalue weighted by molar-refractivity contribution is -0.127. The van der Waals surface area contributed by atoms with Crippen molar-refractivity contribution in [2.24, 2.45) is 0 Å². The Hall–Kier alpha value is -1.47. The number of carbonyl (C=O) groups is 1. The Labute approximate surface area is 129 Å². The van der Waals surface area contributed by atoms with Gasteiger partial charge in [-0.2, -0.15) is 0 Å². The molecule has 1 atom stereocenters. The fourth-order valence-corrected chi connectivity index (χ4v) is 3.27. The normalized spacial score (nSPS) is 18.4. The molecule has 0 spiro atoms. The molecule has 0 bridgehead atoms. The van der Waals surface area contributed by atoms with Crippen molar-refractivity contribution >= 4 is 33.2 Å². The van der Waals surface area contributed by atoms with Gasteiger partial charge in [-0.05, 0) is 25.1 Å². The van der Waals surface area contributed by atoms with Gasteiger partial charge >= 0.3 is 0 Å². The SMILES string of the molecule is CCNC(=O)[C@@H]1CCN(S(C)(=O)=O)c2cc(Cl)ccc2O1. The summed E-state index contributed by atoms with van der Waals surface area (Å²) in [5.41, 5.74) is 0.358. The van der Waals surface area contributed by atoms with Crippen LogP contribution in [-0.4, -0.2) is 39.8 Å². The van der Waals surface area contributed by atoms with Crippen molar-refractivity contribution in [3.8, 4) is 5.75 Å². The van der Waals surface area contributed by atoms with E-state index in [1.807, 2.05) is 6.92 Å². The molecule has 1 aromatic rings. The number of ether oxygens (including phenoxy) is 1. The van der Waals surface area contributed by atoms with E-state index in [-0.39, 0.29) is 18.9 Å². The first-order valence-electron chi connectivity index (χ1n) is 6.54. The van der Waals surface area contributed by atoms with Gasteiger partial charge < -0.3 is 10.1 Å². The maximum Gasteiger partial charge on any atom is 0.261 e. The molecular formula is C13H17ClN2O4S. The van der Waals surface area contributed by atoms with Crippen LogP contribution in [0.2, 0.25) is 5.02 Å². The zero-order valence-electron chi connectivity index (χ0n) is 11.8. The van der Waals surface area contributed by atoms with E-state index in [0.717, 1.165) is 6.26 Å². The number of anilines is 1. The molecule has 1 N–H and O–H groups in total. The number of carbonyl (C=O) groups excluding carboxylic acids is 1. The van der Waals surface area contributed by atoms with Gasteiger partial charge in [0.2, 0.25) is 10.0 Å². The number of hydrogen-bond donors (Lipinski definition) is 1. The molecule has 1 aliphatic heterocycles. The first-order chi connectivity index (χ1) is 9.82. The van der Waals surface area contributed by atoms with Gasteiger partial charge in [0.1, 0.15) is 5.75 Å². The average molecular weight is 333 g/mol. The molecule has 0 saturated carbocycles. The van der Waals surface area contributed by atoms with Crippen LogP contribution in [0.25, 0.3) is 0 Å². The first kappa shape index (κ1) is 15.9. The van der Waals surface area contributed by atoms with Gasteiger partial charge in [0.15, 0.2) is 6.10 Å². The van der Waals surface area contributed by atoms with Crippen LogP contribution in [0, 0.1) is 0 Å². The number of halogens is 1. The largest absolute Gasteiger partial charge is 0.478 e. The van der Waals surface area contributed by atoms with E-state index in [1.165, 1.54) is 10.4 Å². The molecule has 0 unspecified atom stereocenters. The Morgan fingerprint density at radius 2 is 2.24 bits per heavy atom. The summed E-state index contributed by atoms with van der Waals surface area (Å²) in [6.07, 6.45) is 0.659. The van der Waals surface area contributed by atoms with E-state index >= 15 is 0 Å². The third-order valence-electron chi connectivity index (χ3n) is 3.10. The Morgan fingerprint density at radius 1 is 1.52 bits per heavy atom. The second-order valence-corrected chi connectivity index (χ2v) is 7.08. The number of sulfonamides is 1. The Morgan fingerprint density at radius 3 is 2.86 bits per heavy atom. The molecule has 8 heteroatoms. The molecule has 2 rings (SSSR count). The number of nitrogens with zero attached hydrogens (tertiary/aromatic N) is 1. The second-order valence-electron chi connectivity index (χ2n) is 4.74. The van der Waals surface area contributed by atoms with Crippen LogP contribution in [0.15, 0.2) is 18.2 Å². The van der Waals surface area contributed by atoms with E-state index < -0.39 is 16.1 Å². The van der Waals surface area contributed by atoms with Gasteiger partial charge in [-0.1, -0.05) is 11.6 Å². The summed E-state index contributed by atoms with van der Waals surface area (Å²) < 4.78 is 30.8. The molecule has 1 aliphatic rings. The highest BCUT2D eigenvalue weighted by Crippen LogP contribution is 2.36. The predicted molar refractivity (Wildman–Crippen MR) is 81.4 cm³/mol. The van der Waals surface area contributed by atoms with Crippen LogP contribution in [0.5, 0.6) is 5.75 Å². The third kappa shape index (κ3) is 3.59. The zero-order chi connectivity index (χ0) is 15.6. The summed E-state index contributed by atoms with van der Waals surface area (Å²) in [5, 5.41) is 3.09. The predicted octanol–water partition coefficient (Wildman–Crippen LogP) is 1.39. The van der Waals surface area contributed by atoms with Crippen LogP contribution in [0.3, 0.4) is 0 Å². The topological polar surface area (TPSA) is 75.7 Å². The van der Waals surface area contributed by atoms with Gasteiger partial charge in [-0.3, -0.25) is 9.10 Å². The number of fused-ring (bicyclic) bond motifs is 1. The summed E-state index contributed by atoms with van der Waals surface area (Å²) in [4.78, 5) is 12.0. The van der Waals surface area contributed by atoms with Gasteiger partial charge in [-0.15, -0.1) is 0 Å². The molecule has 0 aromatic heterocycles. The van der Waals surface area contributed by atoms with Gasteiger partial charge in [0.25, 0.3) is 5.91 Å². The van der Waals surface area contributed by atoms with Crippen molar-refractivity contribution in [3.05, 3.63) is 23.2 Å². The molecule has 0 aliphatic carbocycles. The molecule has 21 heavy (non-hydrogen) atoms. The lowest BCUT2D eigenvalue weighted by atomic mass is 10.2. The molecule has 1 amide bonds. The Kier molecular flexibility index (Phi) is 4.63. The number of hydrogen-bond acceptors (Lipinski definition) is 4. The average Bonchev–Trinajstić information content (AvgIpc) is 2.57. The van der Waals surface area contributed by atoms with Crippen molar-refractivity contribution in [2.45, 2.75) is 19.4 Å². The maximum atomic E-state index is 12.0. The summed E-state index contributed by atoms with van der Waals surface area (Å²) >= 11 is 5.94. The van der Waals surface area contributed by atoms with Gasteiger partial charge in [0, 0.05) is 24.5 Å². The Balaban J connectivity index is 2.42. The fraction of sp³-hybridized carbons (Fsp3) is 0.462. The smallest absolute Gasteiger partial charge is 0.261 e. The standard InChI is InChI=1S/C13H17ClN2O4S/c1-3-15-13(17)12-6-7-16(21(2,18)19)10-8-9(14)4-5-11(10)20-12/h4-5,8,12H,3,6-7H2,1-2H3,(H,15,17)/t12-/m0/s1. The quantitative estimate of drug-likeness (QED) is 0.907. The highest BCUT2D eigenvalue weighted by Gasteiger charge is 2.31. The molecule has 0 fully saturated rings. The summed E-state index contributed by atoms with van der Waals surface area (Å²) in [6, 6.07) is 4.70. The molecule has 1 heterocycles. The molecule has 6 nitrogen and oxygen atoms in total. The van der Waals surface area contributed by atoms with Crippen molar-refractivity contribution in [1.82, 2.24) is 5.32 Å². The van der Waals surface area contributed by atoms with Crippen molar-refractivity contribution < 1.29 is 17.9 Å². The van der Waals surface area contributed by atoms with Crippen molar-refractivity contribution in [1.29, 1.82) is 0 Å². The summed E-state index contributed by atoms with van der Waals surface area (Å²) in [7, 11) is -3.48. The number of amides is 1. The maximum absolute atomic E-state index is 12.0. The van der Waals surface area contributed by atoms with Crippen LogP contribution in [0.1, 0.15) is 13.3 Å². The number of likely N-dealkylation sites (N-methyl/N-ethyl adjacent to an activating group) is 1. The molecule has 1 aromatic carbocycles. The third-order valence-corrected chi connectivity index (χ3v) is 4.51. The van der Waals surface area contributed by atoms with Gasteiger partial charge in [-0.25, -0.2) is 8.42 Å². The molecule has 0 radical (unpaired) electrons. The number of rotatable bonds is 3. The Bertz CT molecular complexity index is 648. The van der Waals surface area contributed by atoms with Crippen LogP contribution < -0.4 is 14.4 Å². The summed E-state index contributed by atoms with van der Waals surface area (Å²) in [6.45, 7) is 2.46. The van der Waals surface area contributed by atoms with E-state index in [0.29, 0.717) is 23.0 Å². The summed E-state index contributed by atoms with van der Waals surface area (Å²) in [5.74, 6) is 0.0762. The lowest BCUT2D eigenvalue weighted by Crippen LogP contribution is -2.39. The van der Waals surface area contributed by atoms with E-state index in [2.05, 4.69) is 5.32 Å². The number of nitrogens with one attached hydrogen (secondary N) is 1. The van der Waals surface area contributed by atoms with E-state index in [4.69, 9.17) is 16.3 Å². The minimum absolute atomic E-state index is 0.161. The van der Waals surface area contributed by atoms with Crippen molar-refractivity contribution in [3.63, 3.8) is 0 Å². The molecule has 0 saturated heterocycles. The van der Waals surface area contributed by atoms with E-state index in [9.17, 15) is 13.2 Å². The second kappa shape index (κ2) is 6.11. The minimum atomic E-state index is -3.48. The van der Waals surface area contributed by atoms with Crippen LogP contribution >= 0.6 is 11.6 Å². The fourth-order valence-electron chi connectivity index (χ4n) is 2.17. The van der Waals surface area contributed by atoms with Crippen molar-refractivity contribution in [2.75, 3.05) is 23.7 Å². The van der Waals surface area contributed by atoms with E-state index in [1.54, 1.807) is 12.1 Å².